The predicted molar refractivity (Wildman–Crippen MR) is 87.0 cm³/mol. The van der Waals surface area contributed by atoms with Crippen molar-refractivity contribution in [3.05, 3.63) is 11.4 Å². The van der Waals surface area contributed by atoms with Crippen LogP contribution in [0.15, 0.2) is 0 Å². The molecule has 21 heavy (non-hydrogen) atoms. The highest BCUT2D eigenvalue weighted by Crippen LogP contribution is 2.28. The molecule has 2 N–H and O–H groups in total. The van der Waals surface area contributed by atoms with Gasteiger partial charge in [0, 0.05) is 44.1 Å². The van der Waals surface area contributed by atoms with Crippen LogP contribution in [-0.4, -0.2) is 41.3 Å². The Labute approximate surface area is 127 Å². The summed E-state index contributed by atoms with van der Waals surface area (Å²) in [5.41, 5.74) is 1.13. The molecule has 0 saturated carbocycles. The van der Waals surface area contributed by atoms with Crippen molar-refractivity contribution in [2.45, 2.75) is 46.5 Å². The smallest absolute Gasteiger partial charge is 0.137 e. The van der Waals surface area contributed by atoms with Gasteiger partial charge < -0.3 is 15.3 Å². The number of nitrogens with zero attached hydrogens (tertiary/aromatic N) is 3. The minimum absolute atomic E-state index is 0.267. The molecule has 0 aromatic carbocycles. The van der Waals surface area contributed by atoms with E-state index in [0.717, 1.165) is 68.3 Å². The van der Waals surface area contributed by atoms with Crippen molar-refractivity contribution < 1.29 is 5.11 Å². The van der Waals surface area contributed by atoms with Crippen LogP contribution in [0.25, 0.3) is 0 Å². The molecule has 5 heteroatoms. The molecule has 0 amide bonds. The van der Waals surface area contributed by atoms with Gasteiger partial charge in [0.05, 0.1) is 0 Å². The number of aryl methyl sites for hydroxylation is 1. The number of hydrogen-bond donors (Lipinski definition) is 2. The summed E-state index contributed by atoms with van der Waals surface area (Å²) in [5.74, 6) is 3.31. The number of aliphatic hydroxyl groups excluding tert-OH is 1. The van der Waals surface area contributed by atoms with Gasteiger partial charge in [0.25, 0.3) is 0 Å². The molecule has 1 atom stereocenters. The monoisotopic (exact) mass is 292 g/mol. The minimum Gasteiger partial charge on any atom is -0.396 e. The summed E-state index contributed by atoms with van der Waals surface area (Å²) >= 11 is 0. The Morgan fingerprint density at radius 1 is 1.29 bits per heavy atom. The van der Waals surface area contributed by atoms with Crippen molar-refractivity contribution in [2.75, 3.05) is 36.5 Å². The van der Waals surface area contributed by atoms with Crippen molar-refractivity contribution in [1.29, 1.82) is 0 Å². The molecular formula is C16H28N4O. The first kappa shape index (κ1) is 16.0. The van der Waals surface area contributed by atoms with E-state index in [1.54, 1.807) is 0 Å². The number of rotatable bonds is 7. The maximum atomic E-state index is 9.34. The number of anilines is 2. The van der Waals surface area contributed by atoms with E-state index in [9.17, 15) is 5.11 Å². The molecule has 0 spiro atoms. The maximum Gasteiger partial charge on any atom is 0.137 e. The van der Waals surface area contributed by atoms with Crippen LogP contribution in [0.2, 0.25) is 0 Å². The maximum absolute atomic E-state index is 9.34. The third-order valence-electron chi connectivity index (χ3n) is 4.03. The van der Waals surface area contributed by atoms with Gasteiger partial charge in [0.1, 0.15) is 17.5 Å². The third kappa shape index (κ3) is 3.84. The van der Waals surface area contributed by atoms with Gasteiger partial charge in [0.15, 0.2) is 0 Å². The van der Waals surface area contributed by atoms with E-state index in [4.69, 9.17) is 4.98 Å². The summed E-state index contributed by atoms with van der Waals surface area (Å²) in [6.45, 7) is 9.47. The van der Waals surface area contributed by atoms with Gasteiger partial charge in [-0.2, -0.15) is 0 Å². The average molecular weight is 292 g/mol. The topological polar surface area (TPSA) is 61.3 Å². The van der Waals surface area contributed by atoms with Crippen molar-refractivity contribution in [2.24, 2.45) is 5.92 Å². The van der Waals surface area contributed by atoms with Gasteiger partial charge in [0.2, 0.25) is 0 Å². The van der Waals surface area contributed by atoms with Crippen molar-refractivity contribution in [3.63, 3.8) is 0 Å². The first-order chi connectivity index (χ1) is 10.2. The third-order valence-corrected chi connectivity index (χ3v) is 4.03. The Hall–Kier alpha value is -1.36. The second-order valence-electron chi connectivity index (χ2n) is 5.90. The zero-order chi connectivity index (χ0) is 15.2. The molecule has 5 nitrogen and oxygen atoms in total. The summed E-state index contributed by atoms with van der Waals surface area (Å²) < 4.78 is 0. The van der Waals surface area contributed by atoms with E-state index in [2.05, 4.69) is 36.0 Å². The molecule has 1 aromatic rings. The van der Waals surface area contributed by atoms with Crippen molar-refractivity contribution in [3.8, 4) is 0 Å². The second kappa shape index (κ2) is 7.59. The lowest BCUT2D eigenvalue weighted by Crippen LogP contribution is -2.24. The van der Waals surface area contributed by atoms with E-state index >= 15 is 0 Å². The fourth-order valence-electron chi connectivity index (χ4n) is 2.78. The number of hydrogen-bond acceptors (Lipinski definition) is 5. The quantitative estimate of drug-likeness (QED) is 0.808. The largest absolute Gasteiger partial charge is 0.396 e. The van der Waals surface area contributed by atoms with Gasteiger partial charge in [-0.25, -0.2) is 9.97 Å². The molecule has 1 fully saturated rings. The van der Waals surface area contributed by atoms with Crippen molar-refractivity contribution in [1.82, 2.24) is 9.97 Å². The summed E-state index contributed by atoms with van der Waals surface area (Å²) in [4.78, 5) is 11.7. The zero-order valence-electron chi connectivity index (χ0n) is 13.5. The zero-order valence-corrected chi connectivity index (χ0v) is 13.5. The fourth-order valence-corrected chi connectivity index (χ4v) is 2.78. The second-order valence-corrected chi connectivity index (χ2v) is 5.90. The lowest BCUT2D eigenvalue weighted by atomic mass is 10.1. The highest BCUT2D eigenvalue weighted by Gasteiger charge is 2.25. The number of aromatic nitrogens is 2. The molecule has 118 valence electrons. The Kier molecular flexibility index (Phi) is 5.79. The van der Waals surface area contributed by atoms with Crippen LogP contribution in [0.4, 0.5) is 11.6 Å². The van der Waals surface area contributed by atoms with Gasteiger partial charge in [-0.05, 0) is 26.2 Å². The lowest BCUT2D eigenvalue weighted by Gasteiger charge is -2.22. The molecule has 1 unspecified atom stereocenters. The first-order valence-corrected chi connectivity index (χ1v) is 8.16. The molecule has 0 bridgehead atoms. The Morgan fingerprint density at radius 2 is 2.10 bits per heavy atom. The first-order valence-electron chi connectivity index (χ1n) is 8.16. The summed E-state index contributed by atoms with van der Waals surface area (Å²) in [6.07, 6.45) is 4.08. The molecule has 2 rings (SSSR count). The van der Waals surface area contributed by atoms with Gasteiger partial charge in [-0.3, -0.25) is 0 Å². The normalized spacial score (nSPS) is 18.3. The number of nitrogens with one attached hydrogen (secondary N) is 1. The Balaban J connectivity index is 2.27. The van der Waals surface area contributed by atoms with Crippen LogP contribution in [0.1, 0.15) is 44.5 Å². The highest BCUT2D eigenvalue weighted by atomic mass is 16.3. The lowest BCUT2D eigenvalue weighted by molar-refractivity contribution is 0.238. The Bertz CT molecular complexity index is 464. The summed E-state index contributed by atoms with van der Waals surface area (Å²) in [7, 11) is 0. The van der Waals surface area contributed by atoms with E-state index in [-0.39, 0.29) is 6.61 Å². The Morgan fingerprint density at radius 3 is 2.71 bits per heavy atom. The predicted octanol–water partition coefficient (Wildman–Crippen LogP) is 2.38. The van der Waals surface area contributed by atoms with E-state index in [0.29, 0.717) is 5.92 Å². The molecule has 1 aromatic heterocycles. The van der Waals surface area contributed by atoms with Crippen LogP contribution in [0.5, 0.6) is 0 Å². The molecule has 1 aliphatic heterocycles. The van der Waals surface area contributed by atoms with E-state index < -0.39 is 0 Å². The van der Waals surface area contributed by atoms with Crippen LogP contribution in [0.3, 0.4) is 0 Å². The van der Waals surface area contributed by atoms with Crippen LogP contribution < -0.4 is 10.2 Å². The van der Waals surface area contributed by atoms with E-state index in [1.807, 2.05) is 0 Å². The number of aliphatic hydroxyl groups is 1. The standard InChI is InChI=1S/C16H28N4O/c1-4-6-14-18-15(17-8-5-2)12(3)16(19-14)20-9-7-13(10-20)11-21/h13,21H,4-11H2,1-3H3,(H,17,18,19). The molecular weight excluding hydrogens is 264 g/mol. The van der Waals surface area contributed by atoms with E-state index in [1.165, 1.54) is 0 Å². The SMILES string of the molecule is CCCNc1nc(CCC)nc(N2CCC(CO)C2)c1C. The minimum atomic E-state index is 0.267. The van der Waals surface area contributed by atoms with Crippen LogP contribution in [-0.2, 0) is 6.42 Å². The fraction of sp³-hybridized carbons (Fsp3) is 0.750. The molecule has 0 aliphatic carbocycles. The molecule has 2 heterocycles. The highest BCUT2D eigenvalue weighted by molar-refractivity contribution is 5.59. The van der Waals surface area contributed by atoms with Crippen molar-refractivity contribution >= 4 is 11.6 Å². The molecule has 1 saturated heterocycles. The van der Waals surface area contributed by atoms with Crippen LogP contribution in [0, 0.1) is 12.8 Å². The van der Waals surface area contributed by atoms with Crippen LogP contribution >= 0.6 is 0 Å². The van der Waals surface area contributed by atoms with Gasteiger partial charge in [-0.1, -0.05) is 13.8 Å². The summed E-state index contributed by atoms with van der Waals surface area (Å²) in [6, 6.07) is 0. The molecule has 1 aliphatic rings. The van der Waals surface area contributed by atoms with Gasteiger partial charge >= 0.3 is 0 Å². The average Bonchev–Trinajstić information content (AvgIpc) is 2.96. The molecule has 0 radical (unpaired) electrons. The summed E-state index contributed by atoms with van der Waals surface area (Å²) in [5, 5.41) is 12.8. The van der Waals surface area contributed by atoms with Gasteiger partial charge in [-0.15, -0.1) is 0 Å².